The van der Waals surface area contributed by atoms with E-state index in [4.69, 9.17) is 4.74 Å². The van der Waals surface area contributed by atoms with Gasteiger partial charge in [0.05, 0.1) is 7.11 Å². The molecule has 1 aliphatic carbocycles. The molecule has 2 aromatic carbocycles. The molecule has 7 nitrogen and oxygen atoms in total. The molecule has 4 rings (SSSR count). The molecule has 1 aromatic heterocycles. The van der Waals surface area contributed by atoms with Gasteiger partial charge in [0.15, 0.2) is 0 Å². The summed E-state index contributed by atoms with van der Waals surface area (Å²) in [5.74, 6) is -0.424. The monoisotopic (exact) mass is 450 g/mol. The lowest BCUT2D eigenvalue weighted by Gasteiger charge is -2.32. The molecule has 2 amide bonds. The van der Waals surface area contributed by atoms with Crippen molar-refractivity contribution in [2.75, 3.05) is 7.11 Å². The fraction of sp³-hybridized carbons (Fsp3) is 0.320. The maximum Gasteiger partial charge on any atom is 0.273 e. The van der Waals surface area contributed by atoms with E-state index < -0.39 is 6.04 Å². The van der Waals surface area contributed by atoms with Crippen LogP contribution in [-0.4, -0.2) is 40.1 Å². The zero-order valence-electron chi connectivity index (χ0n) is 18.5. The molecule has 3 aromatic rings. The Balaban J connectivity index is 1.75. The standard InChI is InChI=1S/C25H27FN4O3/c1-33-21-8-4-5-18(15-21)23(24(31)28-20-6-2-3-7-20)30(25(32)22-13-14-27-29-22)16-17-9-11-19(26)12-10-17/h4-5,8-15,20,23H,2-3,6-7,16H2,1H3,(H,27,29)(H,28,31). The molecule has 1 atom stereocenters. The zero-order valence-corrected chi connectivity index (χ0v) is 18.5. The summed E-state index contributed by atoms with van der Waals surface area (Å²) in [5.41, 5.74) is 1.59. The minimum Gasteiger partial charge on any atom is -0.497 e. The largest absolute Gasteiger partial charge is 0.497 e. The SMILES string of the molecule is COc1cccc(C(C(=O)NC2CCCC2)N(Cc2ccc(F)cc2)C(=O)c2ccn[nH]2)c1. The van der Waals surface area contributed by atoms with E-state index >= 15 is 0 Å². The van der Waals surface area contributed by atoms with Crippen LogP contribution in [0.4, 0.5) is 4.39 Å². The van der Waals surface area contributed by atoms with Gasteiger partial charge in [-0.1, -0.05) is 37.1 Å². The van der Waals surface area contributed by atoms with Crippen LogP contribution in [-0.2, 0) is 11.3 Å². The highest BCUT2D eigenvalue weighted by molar-refractivity contribution is 5.96. The van der Waals surface area contributed by atoms with E-state index in [0.29, 0.717) is 16.9 Å². The van der Waals surface area contributed by atoms with Gasteiger partial charge in [0.25, 0.3) is 5.91 Å². The number of amides is 2. The summed E-state index contributed by atoms with van der Waals surface area (Å²) in [7, 11) is 1.55. The van der Waals surface area contributed by atoms with Crippen molar-refractivity contribution in [2.24, 2.45) is 0 Å². The predicted molar refractivity (Wildman–Crippen MR) is 121 cm³/mol. The highest BCUT2D eigenvalue weighted by Crippen LogP contribution is 2.29. The number of nitrogens with zero attached hydrogens (tertiary/aromatic N) is 2. The molecular weight excluding hydrogens is 423 g/mol. The summed E-state index contributed by atoms with van der Waals surface area (Å²) in [6, 6.07) is 13.8. The molecule has 0 radical (unpaired) electrons. The number of hydrogen-bond acceptors (Lipinski definition) is 4. The number of nitrogens with one attached hydrogen (secondary N) is 2. The van der Waals surface area contributed by atoms with Gasteiger partial charge in [0.1, 0.15) is 23.3 Å². The summed E-state index contributed by atoms with van der Waals surface area (Å²) >= 11 is 0. The minimum atomic E-state index is -0.915. The van der Waals surface area contributed by atoms with E-state index in [1.807, 2.05) is 0 Å². The van der Waals surface area contributed by atoms with Gasteiger partial charge in [0, 0.05) is 18.8 Å². The van der Waals surface area contributed by atoms with E-state index in [1.54, 1.807) is 49.6 Å². The first-order valence-electron chi connectivity index (χ1n) is 11.0. The van der Waals surface area contributed by atoms with Crippen LogP contribution in [0.3, 0.4) is 0 Å². The lowest BCUT2D eigenvalue weighted by atomic mass is 10.0. The molecule has 0 spiro atoms. The summed E-state index contributed by atoms with van der Waals surface area (Å²) < 4.78 is 18.9. The number of ether oxygens (including phenoxy) is 1. The van der Waals surface area contributed by atoms with Crippen molar-refractivity contribution >= 4 is 11.8 Å². The Hall–Kier alpha value is -3.68. The summed E-state index contributed by atoms with van der Waals surface area (Å²) in [6.45, 7) is 0.109. The molecule has 1 unspecified atom stereocenters. The maximum absolute atomic E-state index is 13.6. The van der Waals surface area contributed by atoms with E-state index in [0.717, 1.165) is 25.7 Å². The van der Waals surface area contributed by atoms with Crippen LogP contribution in [0.1, 0.15) is 53.3 Å². The molecule has 33 heavy (non-hydrogen) atoms. The third-order valence-corrected chi connectivity index (χ3v) is 5.93. The number of H-pyrrole nitrogens is 1. The van der Waals surface area contributed by atoms with E-state index in [9.17, 15) is 14.0 Å². The molecule has 1 aliphatic rings. The third kappa shape index (κ3) is 5.39. The molecule has 2 N–H and O–H groups in total. The Labute approximate surface area is 191 Å². The number of methoxy groups -OCH3 is 1. The summed E-state index contributed by atoms with van der Waals surface area (Å²) in [4.78, 5) is 28.7. The third-order valence-electron chi connectivity index (χ3n) is 5.93. The number of aromatic nitrogens is 2. The molecule has 172 valence electrons. The summed E-state index contributed by atoms with van der Waals surface area (Å²) in [5, 5.41) is 9.72. The molecule has 0 saturated heterocycles. The van der Waals surface area contributed by atoms with Crippen LogP contribution < -0.4 is 10.1 Å². The van der Waals surface area contributed by atoms with Crippen molar-refractivity contribution in [1.82, 2.24) is 20.4 Å². The fourth-order valence-electron chi connectivity index (χ4n) is 4.23. The van der Waals surface area contributed by atoms with Gasteiger partial charge in [0.2, 0.25) is 5.91 Å². The van der Waals surface area contributed by atoms with Gasteiger partial charge in [-0.15, -0.1) is 0 Å². The second-order valence-electron chi connectivity index (χ2n) is 8.20. The van der Waals surface area contributed by atoms with Crippen molar-refractivity contribution in [3.8, 4) is 5.75 Å². The van der Waals surface area contributed by atoms with Crippen LogP contribution in [0.2, 0.25) is 0 Å². The maximum atomic E-state index is 13.6. The zero-order chi connectivity index (χ0) is 23.2. The van der Waals surface area contributed by atoms with Crippen LogP contribution >= 0.6 is 0 Å². The molecule has 0 bridgehead atoms. The molecular formula is C25H27FN4O3. The first kappa shape index (κ1) is 22.5. The van der Waals surface area contributed by atoms with E-state index in [1.165, 1.54) is 23.2 Å². The number of halogens is 1. The lowest BCUT2D eigenvalue weighted by Crippen LogP contribution is -2.46. The lowest BCUT2D eigenvalue weighted by molar-refractivity contribution is -0.126. The van der Waals surface area contributed by atoms with Crippen LogP contribution in [0, 0.1) is 5.82 Å². The normalized spacial score (nSPS) is 14.6. The quantitative estimate of drug-likeness (QED) is 0.543. The molecule has 8 heteroatoms. The Morgan fingerprint density at radius 3 is 2.61 bits per heavy atom. The predicted octanol–water partition coefficient (Wildman–Crippen LogP) is 4.00. The van der Waals surface area contributed by atoms with Crippen molar-refractivity contribution in [3.05, 3.63) is 83.4 Å². The average molecular weight is 451 g/mol. The fourth-order valence-corrected chi connectivity index (χ4v) is 4.23. The second kappa shape index (κ2) is 10.3. The number of hydrogen-bond donors (Lipinski definition) is 2. The van der Waals surface area contributed by atoms with Gasteiger partial charge < -0.3 is 15.0 Å². The molecule has 1 fully saturated rings. The van der Waals surface area contributed by atoms with Crippen LogP contribution in [0.25, 0.3) is 0 Å². The Bertz CT molecular complexity index is 1080. The number of carbonyl (C=O) groups is 2. The first-order valence-corrected chi connectivity index (χ1v) is 11.0. The Morgan fingerprint density at radius 2 is 1.94 bits per heavy atom. The van der Waals surface area contributed by atoms with Gasteiger partial charge in [-0.3, -0.25) is 14.7 Å². The topological polar surface area (TPSA) is 87.3 Å². The second-order valence-corrected chi connectivity index (χ2v) is 8.20. The highest BCUT2D eigenvalue weighted by Gasteiger charge is 2.34. The van der Waals surface area contributed by atoms with Crippen molar-refractivity contribution in [1.29, 1.82) is 0 Å². The number of benzene rings is 2. The summed E-state index contributed by atoms with van der Waals surface area (Å²) in [6.07, 6.45) is 5.47. The van der Waals surface area contributed by atoms with Crippen LogP contribution in [0.5, 0.6) is 5.75 Å². The van der Waals surface area contributed by atoms with E-state index in [2.05, 4.69) is 15.5 Å². The van der Waals surface area contributed by atoms with Crippen molar-refractivity contribution in [2.45, 2.75) is 44.3 Å². The highest BCUT2D eigenvalue weighted by atomic mass is 19.1. The minimum absolute atomic E-state index is 0.0838. The van der Waals surface area contributed by atoms with Gasteiger partial charge in [-0.2, -0.15) is 5.10 Å². The van der Waals surface area contributed by atoms with Gasteiger partial charge in [-0.05, 0) is 54.3 Å². The Morgan fingerprint density at radius 1 is 1.18 bits per heavy atom. The van der Waals surface area contributed by atoms with E-state index in [-0.39, 0.29) is 35.9 Å². The van der Waals surface area contributed by atoms with Crippen molar-refractivity contribution < 1.29 is 18.7 Å². The molecule has 0 aliphatic heterocycles. The Kier molecular flexibility index (Phi) is 7.02. The number of rotatable bonds is 8. The number of carbonyl (C=O) groups excluding carboxylic acids is 2. The van der Waals surface area contributed by atoms with Gasteiger partial charge >= 0.3 is 0 Å². The molecule has 1 heterocycles. The van der Waals surface area contributed by atoms with Crippen molar-refractivity contribution in [3.63, 3.8) is 0 Å². The average Bonchev–Trinajstić information content (AvgIpc) is 3.54. The van der Waals surface area contributed by atoms with Crippen LogP contribution in [0.15, 0.2) is 60.8 Å². The van der Waals surface area contributed by atoms with Gasteiger partial charge in [-0.25, -0.2) is 4.39 Å². The first-order chi connectivity index (χ1) is 16.0. The smallest absolute Gasteiger partial charge is 0.273 e. The molecule has 1 saturated carbocycles. The number of aromatic amines is 1.